The predicted octanol–water partition coefficient (Wildman–Crippen LogP) is -0.509. The van der Waals surface area contributed by atoms with Crippen molar-refractivity contribution >= 4 is 11.9 Å². The first kappa shape index (κ1) is 9.66. The molecule has 13 heavy (non-hydrogen) atoms. The van der Waals surface area contributed by atoms with Crippen LogP contribution in [-0.2, 0) is 11.8 Å². The number of aromatic nitrogens is 3. The normalized spacial score (nSPS) is 12.5. The average molecular weight is 183 g/mol. The molecule has 0 aliphatic rings. The number of nitrogens with one attached hydrogen (secondary N) is 1. The first-order valence-corrected chi connectivity index (χ1v) is 4.05. The van der Waals surface area contributed by atoms with Crippen molar-refractivity contribution in [2.24, 2.45) is 12.8 Å². The molecule has 1 amide bonds. The first-order valence-electron chi connectivity index (χ1n) is 4.05. The molecule has 1 atom stereocenters. The van der Waals surface area contributed by atoms with Crippen LogP contribution in [0.5, 0.6) is 0 Å². The van der Waals surface area contributed by atoms with Gasteiger partial charge in [0.2, 0.25) is 11.9 Å². The monoisotopic (exact) mass is 183 g/mol. The standard InChI is InChI=1S/C7H13N5O/c1-3-5(8)6(13)10-7-11-9-4-12(7)2/h4-5H,3,8H2,1-2H3,(H,10,11,13). The molecule has 0 fully saturated rings. The van der Waals surface area contributed by atoms with Gasteiger partial charge in [0.25, 0.3) is 0 Å². The molecule has 6 heteroatoms. The number of hydrogen-bond donors (Lipinski definition) is 2. The minimum Gasteiger partial charge on any atom is -0.320 e. The molecule has 1 rings (SSSR count). The SMILES string of the molecule is CCC(N)C(=O)Nc1nncn1C. The third-order valence-corrected chi connectivity index (χ3v) is 1.72. The molecule has 0 aromatic carbocycles. The zero-order valence-corrected chi connectivity index (χ0v) is 7.69. The summed E-state index contributed by atoms with van der Waals surface area (Å²) >= 11 is 0. The Kier molecular flexibility index (Phi) is 2.97. The van der Waals surface area contributed by atoms with Crippen molar-refractivity contribution in [2.75, 3.05) is 5.32 Å². The van der Waals surface area contributed by atoms with E-state index < -0.39 is 6.04 Å². The Morgan fingerprint density at radius 2 is 2.54 bits per heavy atom. The predicted molar refractivity (Wildman–Crippen MR) is 47.9 cm³/mol. The van der Waals surface area contributed by atoms with Gasteiger partial charge in [0.1, 0.15) is 6.33 Å². The average Bonchev–Trinajstić information content (AvgIpc) is 2.50. The summed E-state index contributed by atoms with van der Waals surface area (Å²) in [5.74, 6) is 0.174. The number of nitrogens with zero attached hydrogens (tertiary/aromatic N) is 3. The van der Waals surface area contributed by atoms with Gasteiger partial charge in [-0.25, -0.2) is 0 Å². The van der Waals surface area contributed by atoms with Crippen LogP contribution in [-0.4, -0.2) is 26.7 Å². The fourth-order valence-electron chi connectivity index (χ4n) is 0.785. The van der Waals surface area contributed by atoms with Crippen LogP contribution in [0.25, 0.3) is 0 Å². The molecule has 1 aromatic rings. The maximum Gasteiger partial charge on any atom is 0.243 e. The van der Waals surface area contributed by atoms with Crippen molar-refractivity contribution < 1.29 is 4.79 Å². The molecule has 72 valence electrons. The second-order valence-electron chi connectivity index (χ2n) is 2.77. The van der Waals surface area contributed by atoms with E-state index in [0.29, 0.717) is 12.4 Å². The highest BCUT2D eigenvalue weighted by Crippen LogP contribution is 1.99. The summed E-state index contributed by atoms with van der Waals surface area (Å²) in [5.41, 5.74) is 5.51. The summed E-state index contributed by atoms with van der Waals surface area (Å²) < 4.78 is 1.61. The molecule has 0 radical (unpaired) electrons. The van der Waals surface area contributed by atoms with Gasteiger partial charge in [-0.2, -0.15) is 0 Å². The lowest BCUT2D eigenvalue weighted by Crippen LogP contribution is -2.35. The van der Waals surface area contributed by atoms with E-state index in [1.165, 1.54) is 6.33 Å². The Hall–Kier alpha value is -1.43. The zero-order valence-electron chi connectivity index (χ0n) is 7.69. The van der Waals surface area contributed by atoms with Crippen LogP contribution in [0, 0.1) is 0 Å². The molecule has 1 unspecified atom stereocenters. The molecule has 0 bridgehead atoms. The maximum absolute atomic E-state index is 11.3. The molecule has 0 aliphatic carbocycles. The third kappa shape index (κ3) is 2.25. The quantitative estimate of drug-likeness (QED) is 0.661. The van der Waals surface area contributed by atoms with E-state index in [-0.39, 0.29) is 5.91 Å². The minimum absolute atomic E-state index is 0.237. The van der Waals surface area contributed by atoms with Crippen molar-refractivity contribution in [2.45, 2.75) is 19.4 Å². The van der Waals surface area contributed by atoms with Gasteiger partial charge in [0.05, 0.1) is 6.04 Å². The Labute approximate surface area is 76.1 Å². The number of nitrogens with two attached hydrogens (primary N) is 1. The number of rotatable bonds is 3. The maximum atomic E-state index is 11.3. The lowest BCUT2D eigenvalue weighted by Gasteiger charge is -2.08. The molecule has 0 saturated heterocycles. The Morgan fingerprint density at radius 1 is 1.85 bits per heavy atom. The summed E-state index contributed by atoms with van der Waals surface area (Å²) in [5, 5.41) is 9.88. The molecule has 3 N–H and O–H groups in total. The van der Waals surface area contributed by atoms with E-state index >= 15 is 0 Å². The number of amides is 1. The van der Waals surface area contributed by atoms with E-state index in [2.05, 4.69) is 15.5 Å². The summed E-state index contributed by atoms with van der Waals surface area (Å²) in [6.45, 7) is 1.85. The zero-order chi connectivity index (χ0) is 9.84. The van der Waals surface area contributed by atoms with E-state index in [4.69, 9.17) is 5.73 Å². The van der Waals surface area contributed by atoms with Gasteiger partial charge < -0.3 is 10.3 Å². The van der Waals surface area contributed by atoms with E-state index in [0.717, 1.165) is 0 Å². The van der Waals surface area contributed by atoms with Gasteiger partial charge >= 0.3 is 0 Å². The number of carbonyl (C=O) groups is 1. The van der Waals surface area contributed by atoms with Gasteiger partial charge in [-0.3, -0.25) is 10.1 Å². The van der Waals surface area contributed by atoms with Gasteiger partial charge in [-0.05, 0) is 6.42 Å². The Balaban J connectivity index is 2.60. The molecule has 0 aliphatic heterocycles. The third-order valence-electron chi connectivity index (χ3n) is 1.72. The molecule has 0 saturated carbocycles. The fraction of sp³-hybridized carbons (Fsp3) is 0.571. The minimum atomic E-state index is -0.489. The summed E-state index contributed by atoms with van der Waals surface area (Å²) in [4.78, 5) is 11.3. The van der Waals surface area contributed by atoms with E-state index in [1.54, 1.807) is 11.6 Å². The number of anilines is 1. The fourth-order valence-corrected chi connectivity index (χ4v) is 0.785. The van der Waals surface area contributed by atoms with Crippen LogP contribution in [0.4, 0.5) is 5.95 Å². The van der Waals surface area contributed by atoms with Gasteiger partial charge in [0, 0.05) is 7.05 Å². The van der Waals surface area contributed by atoms with Gasteiger partial charge in [-0.1, -0.05) is 6.92 Å². The summed E-state index contributed by atoms with van der Waals surface area (Å²) in [7, 11) is 1.74. The van der Waals surface area contributed by atoms with Crippen molar-refractivity contribution in [3.63, 3.8) is 0 Å². The summed E-state index contributed by atoms with van der Waals surface area (Å²) in [6, 6.07) is -0.489. The molecule has 1 heterocycles. The molecular weight excluding hydrogens is 170 g/mol. The highest BCUT2D eigenvalue weighted by molar-refractivity contribution is 5.93. The second kappa shape index (κ2) is 3.99. The number of hydrogen-bond acceptors (Lipinski definition) is 4. The van der Waals surface area contributed by atoms with Crippen LogP contribution in [0.3, 0.4) is 0 Å². The molecule has 6 nitrogen and oxygen atoms in total. The van der Waals surface area contributed by atoms with Gasteiger partial charge in [0.15, 0.2) is 0 Å². The van der Waals surface area contributed by atoms with Crippen LogP contribution in [0.2, 0.25) is 0 Å². The molecule has 0 spiro atoms. The number of carbonyl (C=O) groups excluding carboxylic acids is 1. The van der Waals surface area contributed by atoms with Crippen molar-refractivity contribution in [3.8, 4) is 0 Å². The lowest BCUT2D eigenvalue weighted by molar-refractivity contribution is -0.117. The number of aryl methyl sites for hydroxylation is 1. The Morgan fingerprint density at radius 3 is 3.00 bits per heavy atom. The van der Waals surface area contributed by atoms with Gasteiger partial charge in [-0.15, -0.1) is 10.2 Å². The molecular formula is C7H13N5O. The summed E-state index contributed by atoms with van der Waals surface area (Å²) in [6.07, 6.45) is 2.11. The van der Waals surface area contributed by atoms with Crippen LogP contribution in [0.15, 0.2) is 6.33 Å². The second-order valence-corrected chi connectivity index (χ2v) is 2.77. The van der Waals surface area contributed by atoms with Crippen molar-refractivity contribution in [1.29, 1.82) is 0 Å². The van der Waals surface area contributed by atoms with E-state index in [1.807, 2.05) is 6.92 Å². The van der Waals surface area contributed by atoms with Crippen LogP contribution >= 0.6 is 0 Å². The first-order chi connectivity index (χ1) is 6.15. The highest BCUT2D eigenvalue weighted by atomic mass is 16.2. The van der Waals surface area contributed by atoms with Crippen LogP contribution < -0.4 is 11.1 Å². The van der Waals surface area contributed by atoms with E-state index in [9.17, 15) is 4.79 Å². The smallest absolute Gasteiger partial charge is 0.243 e. The topological polar surface area (TPSA) is 85.8 Å². The van der Waals surface area contributed by atoms with Crippen molar-refractivity contribution in [1.82, 2.24) is 14.8 Å². The van der Waals surface area contributed by atoms with Crippen LogP contribution in [0.1, 0.15) is 13.3 Å². The Bertz CT molecular complexity index is 295. The highest BCUT2D eigenvalue weighted by Gasteiger charge is 2.12. The lowest BCUT2D eigenvalue weighted by atomic mass is 10.2. The molecule has 1 aromatic heterocycles. The largest absolute Gasteiger partial charge is 0.320 e. The van der Waals surface area contributed by atoms with Crippen molar-refractivity contribution in [3.05, 3.63) is 6.33 Å².